The average Bonchev–Trinajstić information content (AvgIpc) is 2.93. The van der Waals surface area contributed by atoms with Crippen LogP contribution in [0.1, 0.15) is 0 Å². The van der Waals surface area contributed by atoms with Crippen molar-refractivity contribution in [3.63, 3.8) is 0 Å². The van der Waals surface area contributed by atoms with Crippen molar-refractivity contribution >= 4 is 0 Å². The number of halogens is 2. The van der Waals surface area contributed by atoms with Crippen molar-refractivity contribution in [1.82, 2.24) is 10.1 Å². The van der Waals surface area contributed by atoms with Gasteiger partial charge in [-0.1, -0.05) is 5.16 Å². The molecule has 0 aliphatic heterocycles. The van der Waals surface area contributed by atoms with Crippen molar-refractivity contribution in [2.24, 2.45) is 0 Å². The summed E-state index contributed by atoms with van der Waals surface area (Å²) in [6, 6.07) is 8.83. The van der Waals surface area contributed by atoms with Crippen LogP contribution >= 0.6 is 0 Å². The highest BCUT2D eigenvalue weighted by molar-refractivity contribution is 5.66. The van der Waals surface area contributed by atoms with E-state index in [1.807, 2.05) is 6.07 Å². The van der Waals surface area contributed by atoms with E-state index in [1.54, 1.807) is 24.5 Å². The van der Waals surface area contributed by atoms with Crippen molar-refractivity contribution in [3.8, 4) is 22.6 Å². The molecule has 2 heterocycles. The van der Waals surface area contributed by atoms with Gasteiger partial charge in [-0.25, -0.2) is 8.78 Å². The highest BCUT2D eigenvalue weighted by Gasteiger charge is 2.11. The summed E-state index contributed by atoms with van der Waals surface area (Å²) in [7, 11) is 0. The smallest absolute Gasteiger partial charge is 0.167 e. The first-order chi connectivity index (χ1) is 9.24. The van der Waals surface area contributed by atoms with Crippen LogP contribution in [0.2, 0.25) is 0 Å². The first kappa shape index (κ1) is 11.5. The molecule has 0 amide bonds. The molecule has 2 aromatic heterocycles. The SMILES string of the molecule is Fc1ccc(-c2cc(-c3cccnc3)no2)cc1F. The molecule has 3 nitrogen and oxygen atoms in total. The molecule has 3 aromatic rings. The molecule has 0 fully saturated rings. The van der Waals surface area contributed by atoms with Gasteiger partial charge in [0.2, 0.25) is 0 Å². The Kier molecular flexibility index (Phi) is 2.79. The molecule has 0 aliphatic carbocycles. The number of aromatic nitrogens is 2. The van der Waals surface area contributed by atoms with Gasteiger partial charge in [0.1, 0.15) is 5.69 Å². The Balaban J connectivity index is 1.99. The average molecular weight is 258 g/mol. The fraction of sp³-hybridized carbons (Fsp3) is 0. The summed E-state index contributed by atoms with van der Waals surface area (Å²) in [5, 5.41) is 3.88. The Hall–Kier alpha value is -2.56. The third-order valence-corrected chi connectivity index (χ3v) is 2.67. The van der Waals surface area contributed by atoms with Crippen LogP contribution in [0.15, 0.2) is 53.3 Å². The van der Waals surface area contributed by atoms with Gasteiger partial charge in [-0.05, 0) is 30.3 Å². The molecule has 0 N–H and O–H groups in total. The lowest BCUT2D eigenvalue weighted by atomic mass is 10.1. The Bertz CT molecular complexity index is 710. The molecule has 3 rings (SSSR count). The van der Waals surface area contributed by atoms with Gasteiger partial charge in [-0.2, -0.15) is 0 Å². The summed E-state index contributed by atoms with van der Waals surface area (Å²) in [5.74, 6) is -1.44. The van der Waals surface area contributed by atoms with Gasteiger partial charge in [-0.15, -0.1) is 0 Å². The van der Waals surface area contributed by atoms with E-state index in [0.29, 0.717) is 17.0 Å². The molecule has 0 unspecified atom stereocenters. The number of pyridine rings is 1. The summed E-state index contributed by atoms with van der Waals surface area (Å²) in [4.78, 5) is 3.98. The van der Waals surface area contributed by atoms with E-state index in [2.05, 4.69) is 10.1 Å². The van der Waals surface area contributed by atoms with Crippen LogP contribution < -0.4 is 0 Å². The van der Waals surface area contributed by atoms with E-state index >= 15 is 0 Å². The van der Waals surface area contributed by atoms with Crippen LogP contribution in [0.3, 0.4) is 0 Å². The zero-order valence-electron chi connectivity index (χ0n) is 9.68. The maximum Gasteiger partial charge on any atom is 0.167 e. The van der Waals surface area contributed by atoms with Gasteiger partial charge in [0.15, 0.2) is 17.4 Å². The monoisotopic (exact) mass is 258 g/mol. The first-order valence-corrected chi connectivity index (χ1v) is 5.56. The maximum absolute atomic E-state index is 13.1. The molecular weight excluding hydrogens is 250 g/mol. The normalized spacial score (nSPS) is 10.6. The van der Waals surface area contributed by atoms with Gasteiger partial charge < -0.3 is 4.52 Å². The lowest BCUT2D eigenvalue weighted by Crippen LogP contribution is -1.83. The molecule has 0 spiro atoms. The Morgan fingerprint density at radius 1 is 0.947 bits per heavy atom. The fourth-order valence-electron chi connectivity index (χ4n) is 1.71. The van der Waals surface area contributed by atoms with Crippen LogP contribution in [0, 0.1) is 11.6 Å². The maximum atomic E-state index is 13.1. The number of benzene rings is 1. The third kappa shape index (κ3) is 2.22. The molecule has 0 saturated carbocycles. The van der Waals surface area contributed by atoms with E-state index in [-0.39, 0.29) is 0 Å². The molecule has 0 bridgehead atoms. The topological polar surface area (TPSA) is 38.9 Å². The molecule has 1 aromatic carbocycles. The largest absolute Gasteiger partial charge is 0.356 e. The minimum absolute atomic E-state index is 0.373. The Morgan fingerprint density at radius 3 is 2.58 bits per heavy atom. The van der Waals surface area contributed by atoms with Gasteiger partial charge in [0, 0.05) is 29.6 Å². The third-order valence-electron chi connectivity index (χ3n) is 2.67. The lowest BCUT2D eigenvalue weighted by molar-refractivity contribution is 0.434. The minimum atomic E-state index is -0.920. The molecule has 19 heavy (non-hydrogen) atoms. The summed E-state index contributed by atoms with van der Waals surface area (Å²) in [6.45, 7) is 0. The van der Waals surface area contributed by atoms with Crippen molar-refractivity contribution < 1.29 is 13.3 Å². The molecule has 94 valence electrons. The summed E-state index contributed by atoms with van der Waals surface area (Å²) in [6.07, 6.45) is 3.30. The van der Waals surface area contributed by atoms with Gasteiger partial charge >= 0.3 is 0 Å². The Labute approximate surface area is 107 Å². The summed E-state index contributed by atoms with van der Waals surface area (Å²) >= 11 is 0. The molecule has 0 radical (unpaired) electrons. The molecule has 5 heteroatoms. The van der Waals surface area contributed by atoms with Crippen LogP contribution in [0.25, 0.3) is 22.6 Å². The van der Waals surface area contributed by atoms with Crippen molar-refractivity contribution in [1.29, 1.82) is 0 Å². The predicted octanol–water partition coefficient (Wildman–Crippen LogP) is 3.68. The second kappa shape index (κ2) is 4.61. The summed E-state index contributed by atoms with van der Waals surface area (Å²) < 4.78 is 31.1. The molecule has 0 aliphatic rings. The lowest BCUT2D eigenvalue weighted by Gasteiger charge is -1.96. The van der Waals surface area contributed by atoms with E-state index in [1.165, 1.54) is 6.07 Å². The van der Waals surface area contributed by atoms with Crippen LogP contribution in [0.4, 0.5) is 8.78 Å². The van der Waals surface area contributed by atoms with Gasteiger partial charge in [0.25, 0.3) is 0 Å². The van der Waals surface area contributed by atoms with E-state index in [4.69, 9.17) is 4.52 Å². The second-order valence-corrected chi connectivity index (χ2v) is 3.95. The van der Waals surface area contributed by atoms with Crippen LogP contribution in [-0.4, -0.2) is 10.1 Å². The van der Waals surface area contributed by atoms with Gasteiger partial charge in [0.05, 0.1) is 0 Å². The van der Waals surface area contributed by atoms with Crippen LogP contribution in [0.5, 0.6) is 0 Å². The number of rotatable bonds is 2. The highest BCUT2D eigenvalue weighted by Crippen LogP contribution is 2.26. The standard InChI is InChI=1S/C14H8F2N2O/c15-11-4-3-9(6-12(11)16)14-7-13(18-19-14)10-2-1-5-17-8-10/h1-8H. The second-order valence-electron chi connectivity index (χ2n) is 3.95. The van der Waals surface area contributed by atoms with E-state index < -0.39 is 11.6 Å². The predicted molar refractivity (Wildman–Crippen MR) is 65.1 cm³/mol. The van der Waals surface area contributed by atoms with E-state index in [9.17, 15) is 8.78 Å². The minimum Gasteiger partial charge on any atom is -0.356 e. The molecule has 0 atom stereocenters. The quantitative estimate of drug-likeness (QED) is 0.703. The number of hydrogen-bond acceptors (Lipinski definition) is 3. The zero-order valence-corrected chi connectivity index (χ0v) is 9.68. The fourth-order valence-corrected chi connectivity index (χ4v) is 1.71. The summed E-state index contributed by atoms with van der Waals surface area (Å²) in [5.41, 5.74) is 1.81. The van der Waals surface area contributed by atoms with E-state index in [0.717, 1.165) is 17.7 Å². The van der Waals surface area contributed by atoms with Crippen molar-refractivity contribution in [2.45, 2.75) is 0 Å². The van der Waals surface area contributed by atoms with Gasteiger partial charge in [-0.3, -0.25) is 4.98 Å². The molecule has 0 saturated heterocycles. The zero-order chi connectivity index (χ0) is 13.2. The van der Waals surface area contributed by atoms with Crippen molar-refractivity contribution in [2.75, 3.05) is 0 Å². The van der Waals surface area contributed by atoms with Crippen molar-refractivity contribution in [3.05, 3.63) is 60.4 Å². The molecular formula is C14H8F2N2O. The first-order valence-electron chi connectivity index (χ1n) is 5.56. The number of nitrogens with zero attached hydrogens (tertiary/aromatic N) is 2. The number of hydrogen-bond donors (Lipinski definition) is 0. The van der Waals surface area contributed by atoms with Crippen LogP contribution in [-0.2, 0) is 0 Å². The highest BCUT2D eigenvalue weighted by atomic mass is 19.2. The Morgan fingerprint density at radius 2 is 1.84 bits per heavy atom.